The zero-order chi connectivity index (χ0) is 29.2. The van der Waals surface area contributed by atoms with Crippen molar-refractivity contribution in [3.8, 4) is 22.3 Å². The summed E-state index contributed by atoms with van der Waals surface area (Å²) in [6, 6.07) is 25.4. The fraction of sp³-hybridized carbons (Fsp3) is 0.462. The van der Waals surface area contributed by atoms with E-state index in [9.17, 15) is 4.79 Å². The first-order valence-electron chi connectivity index (χ1n) is 16.1. The molecule has 0 spiro atoms. The van der Waals surface area contributed by atoms with Crippen molar-refractivity contribution in [2.75, 3.05) is 13.6 Å². The third kappa shape index (κ3) is 8.44. The van der Waals surface area contributed by atoms with Gasteiger partial charge in [-0.15, -0.1) is 0 Å². The lowest BCUT2D eigenvalue weighted by Gasteiger charge is -2.29. The van der Waals surface area contributed by atoms with E-state index < -0.39 is 0 Å². The fourth-order valence-electron chi connectivity index (χ4n) is 6.56. The van der Waals surface area contributed by atoms with Gasteiger partial charge in [-0.05, 0) is 103 Å². The highest BCUT2D eigenvalue weighted by atomic mass is 16.2. The molecule has 1 amide bonds. The number of nitrogens with zero attached hydrogens (tertiary/aromatic N) is 1. The standard InChI is InChI=1S/C39H51NO/c1-6-8-9-11-30-13-17-33(18-14-30)34-21-23-36(24-22-34)38-26-25-37(28-32(38)7-2)35-19-15-31(16-20-35)12-10-27-40(5)39(41)29(3)4/h15-16,19-26,28,30,33H,3,6-14,17-18,27H2,1-2,4-5H3. The van der Waals surface area contributed by atoms with E-state index in [-0.39, 0.29) is 5.91 Å². The molecule has 0 N–H and O–H groups in total. The molecular weight excluding hydrogens is 498 g/mol. The van der Waals surface area contributed by atoms with Crippen LogP contribution in [0.2, 0.25) is 0 Å². The van der Waals surface area contributed by atoms with Gasteiger partial charge < -0.3 is 4.90 Å². The molecule has 1 aliphatic carbocycles. The van der Waals surface area contributed by atoms with Crippen molar-refractivity contribution in [1.29, 1.82) is 0 Å². The number of aryl methyl sites for hydroxylation is 2. The molecule has 0 heterocycles. The number of likely N-dealkylation sites (N-methyl/N-ethyl adjacent to an activating group) is 1. The Morgan fingerprint density at radius 2 is 1.49 bits per heavy atom. The minimum Gasteiger partial charge on any atom is -0.342 e. The van der Waals surface area contributed by atoms with Crippen LogP contribution in [0.4, 0.5) is 0 Å². The summed E-state index contributed by atoms with van der Waals surface area (Å²) in [4.78, 5) is 13.8. The van der Waals surface area contributed by atoms with Gasteiger partial charge in [0.25, 0.3) is 0 Å². The normalized spacial score (nSPS) is 16.9. The number of hydrogen-bond acceptors (Lipinski definition) is 1. The van der Waals surface area contributed by atoms with Crippen LogP contribution < -0.4 is 0 Å². The Balaban J connectivity index is 1.35. The van der Waals surface area contributed by atoms with Crippen molar-refractivity contribution in [1.82, 2.24) is 4.90 Å². The van der Waals surface area contributed by atoms with Crippen molar-refractivity contribution < 1.29 is 4.79 Å². The first kappa shape index (κ1) is 30.8. The number of unbranched alkanes of at least 4 members (excludes halogenated alkanes) is 2. The second-order valence-corrected chi connectivity index (χ2v) is 12.4. The van der Waals surface area contributed by atoms with Gasteiger partial charge in [0.1, 0.15) is 0 Å². The van der Waals surface area contributed by atoms with Crippen LogP contribution in [0.15, 0.2) is 78.9 Å². The molecule has 0 aliphatic heterocycles. The van der Waals surface area contributed by atoms with Crippen LogP contribution in [0.3, 0.4) is 0 Å². The zero-order valence-corrected chi connectivity index (χ0v) is 26.1. The monoisotopic (exact) mass is 549 g/mol. The van der Waals surface area contributed by atoms with E-state index in [1.54, 1.807) is 11.8 Å². The van der Waals surface area contributed by atoms with Gasteiger partial charge in [-0.3, -0.25) is 4.79 Å². The zero-order valence-electron chi connectivity index (χ0n) is 26.1. The van der Waals surface area contributed by atoms with Crippen LogP contribution in [0.5, 0.6) is 0 Å². The summed E-state index contributed by atoms with van der Waals surface area (Å²) in [5, 5.41) is 0. The lowest BCUT2D eigenvalue weighted by atomic mass is 9.77. The van der Waals surface area contributed by atoms with Crippen molar-refractivity contribution in [2.24, 2.45) is 5.92 Å². The predicted molar refractivity (Wildman–Crippen MR) is 176 cm³/mol. The van der Waals surface area contributed by atoms with Gasteiger partial charge in [-0.25, -0.2) is 0 Å². The number of rotatable bonds is 13. The topological polar surface area (TPSA) is 20.3 Å². The summed E-state index contributed by atoms with van der Waals surface area (Å²) < 4.78 is 0. The van der Waals surface area contributed by atoms with Gasteiger partial charge in [0.2, 0.25) is 5.91 Å². The van der Waals surface area contributed by atoms with Gasteiger partial charge in [0, 0.05) is 19.2 Å². The molecule has 0 saturated heterocycles. The average Bonchev–Trinajstić information content (AvgIpc) is 3.01. The molecule has 0 bridgehead atoms. The molecule has 3 aromatic rings. The molecule has 1 fully saturated rings. The van der Waals surface area contributed by atoms with Gasteiger partial charge in [-0.2, -0.15) is 0 Å². The Hall–Kier alpha value is -3.13. The van der Waals surface area contributed by atoms with Gasteiger partial charge in [0.15, 0.2) is 0 Å². The smallest absolute Gasteiger partial charge is 0.248 e. The lowest BCUT2D eigenvalue weighted by molar-refractivity contribution is -0.125. The highest BCUT2D eigenvalue weighted by molar-refractivity contribution is 5.91. The molecule has 0 aromatic heterocycles. The van der Waals surface area contributed by atoms with E-state index in [0.29, 0.717) is 5.57 Å². The van der Waals surface area contributed by atoms with Crippen LogP contribution >= 0.6 is 0 Å². The van der Waals surface area contributed by atoms with Crippen molar-refractivity contribution in [3.05, 3.63) is 95.6 Å². The largest absolute Gasteiger partial charge is 0.342 e. The molecule has 2 nitrogen and oxygen atoms in total. The Kier molecular flexibility index (Phi) is 11.4. The number of carbonyl (C=O) groups excluding carboxylic acids is 1. The summed E-state index contributed by atoms with van der Waals surface area (Å²) in [5.41, 5.74) is 10.0. The van der Waals surface area contributed by atoms with Crippen molar-refractivity contribution in [2.45, 2.75) is 97.3 Å². The Bertz CT molecular complexity index is 1260. The minimum absolute atomic E-state index is 0.0295. The van der Waals surface area contributed by atoms with E-state index in [0.717, 1.165) is 37.6 Å². The molecule has 0 unspecified atom stereocenters. The van der Waals surface area contributed by atoms with Crippen LogP contribution in [-0.2, 0) is 17.6 Å². The number of carbonyl (C=O) groups is 1. The van der Waals surface area contributed by atoms with E-state index in [2.05, 4.69) is 87.2 Å². The highest BCUT2D eigenvalue weighted by Gasteiger charge is 2.22. The number of benzene rings is 3. The average molecular weight is 550 g/mol. The van der Waals surface area contributed by atoms with E-state index in [1.165, 1.54) is 90.3 Å². The number of amides is 1. The highest BCUT2D eigenvalue weighted by Crippen LogP contribution is 2.39. The Morgan fingerprint density at radius 1 is 0.829 bits per heavy atom. The number of hydrogen-bond donors (Lipinski definition) is 0. The molecule has 218 valence electrons. The summed E-state index contributed by atoms with van der Waals surface area (Å²) in [5.74, 6) is 1.73. The van der Waals surface area contributed by atoms with Crippen LogP contribution in [-0.4, -0.2) is 24.4 Å². The molecule has 0 atom stereocenters. The van der Waals surface area contributed by atoms with Gasteiger partial charge in [0.05, 0.1) is 0 Å². The molecule has 1 saturated carbocycles. The molecule has 2 heteroatoms. The maximum atomic E-state index is 12.0. The minimum atomic E-state index is 0.0295. The lowest BCUT2D eigenvalue weighted by Crippen LogP contribution is -2.28. The first-order chi connectivity index (χ1) is 19.9. The quantitative estimate of drug-likeness (QED) is 0.153. The van der Waals surface area contributed by atoms with Crippen LogP contribution in [0, 0.1) is 5.92 Å². The molecule has 4 rings (SSSR count). The molecule has 0 radical (unpaired) electrons. The van der Waals surface area contributed by atoms with Crippen molar-refractivity contribution in [3.63, 3.8) is 0 Å². The molecule has 1 aliphatic rings. The van der Waals surface area contributed by atoms with E-state index >= 15 is 0 Å². The summed E-state index contributed by atoms with van der Waals surface area (Å²) in [6.45, 7) is 10.8. The van der Waals surface area contributed by atoms with Gasteiger partial charge >= 0.3 is 0 Å². The SMILES string of the molecule is C=C(C)C(=O)N(C)CCCc1ccc(-c2ccc(-c3ccc(C4CCC(CCCCC)CC4)cc3)c(CC)c2)cc1. The fourth-order valence-corrected chi connectivity index (χ4v) is 6.56. The van der Waals surface area contributed by atoms with Crippen LogP contribution in [0.1, 0.15) is 101 Å². The van der Waals surface area contributed by atoms with E-state index in [1.807, 2.05) is 7.05 Å². The maximum Gasteiger partial charge on any atom is 0.248 e. The Morgan fingerprint density at radius 3 is 2.12 bits per heavy atom. The second kappa shape index (κ2) is 15.2. The third-order valence-corrected chi connectivity index (χ3v) is 9.20. The van der Waals surface area contributed by atoms with Crippen molar-refractivity contribution >= 4 is 5.91 Å². The molecule has 41 heavy (non-hydrogen) atoms. The predicted octanol–water partition coefficient (Wildman–Crippen LogP) is 10.4. The molecular formula is C39H51NO. The summed E-state index contributed by atoms with van der Waals surface area (Å²) in [7, 11) is 1.85. The van der Waals surface area contributed by atoms with Gasteiger partial charge in [-0.1, -0.05) is 113 Å². The Labute approximate surface area is 249 Å². The summed E-state index contributed by atoms with van der Waals surface area (Å²) >= 11 is 0. The molecule has 3 aromatic carbocycles. The van der Waals surface area contributed by atoms with E-state index in [4.69, 9.17) is 0 Å². The third-order valence-electron chi connectivity index (χ3n) is 9.20. The summed E-state index contributed by atoms with van der Waals surface area (Å²) in [6.07, 6.45) is 14.0. The second-order valence-electron chi connectivity index (χ2n) is 12.4. The maximum absolute atomic E-state index is 12.0. The van der Waals surface area contributed by atoms with Crippen LogP contribution in [0.25, 0.3) is 22.3 Å². The first-order valence-corrected chi connectivity index (χ1v) is 16.1.